The lowest BCUT2D eigenvalue weighted by molar-refractivity contribution is -0.146. The van der Waals surface area contributed by atoms with Gasteiger partial charge in [0, 0.05) is 0 Å². The summed E-state index contributed by atoms with van der Waals surface area (Å²) in [6.07, 6.45) is 6.61. The molecule has 15 heavy (non-hydrogen) atoms. The van der Waals surface area contributed by atoms with Crippen LogP contribution in [0.4, 0.5) is 0 Å². The number of carboxylic acids is 1. The molecule has 0 spiro atoms. The molecule has 0 amide bonds. The van der Waals surface area contributed by atoms with Crippen molar-refractivity contribution in [3.63, 3.8) is 0 Å². The number of aliphatic hydroxyl groups is 1. The first-order chi connectivity index (χ1) is 7.02. The van der Waals surface area contributed by atoms with Crippen molar-refractivity contribution in [1.29, 1.82) is 0 Å². The van der Waals surface area contributed by atoms with Gasteiger partial charge >= 0.3 is 5.97 Å². The third-order valence-corrected chi connectivity index (χ3v) is 3.10. The molecule has 3 nitrogen and oxygen atoms in total. The van der Waals surface area contributed by atoms with Crippen LogP contribution in [0.1, 0.15) is 26.2 Å². The lowest BCUT2D eigenvalue weighted by Gasteiger charge is -2.33. The highest BCUT2D eigenvalue weighted by Crippen LogP contribution is 2.37. The molecule has 84 valence electrons. The summed E-state index contributed by atoms with van der Waals surface area (Å²) in [5.41, 5.74) is -1.43. The fourth-order valence-electron chi connectivity index (χ4n) is 1.71. The minimum absolute atomic E-state index is 0.214. The predicted molar refractivity (Wildman–Crippen MR) is 58.7 cm³/mol. The van der Waals surface area contributed by atoms with Crippen LogP contribution in [0.3, 0.4) is 0 Å². The summed E-state index contributed by atoms with van der Waals surface area (Å²) in [6, 6.07) is 0. The molecule has 0 saturated heterocycles. The maximum absolute atomic E-state index is 11.0. The van der Waals surface area contributed by atoms with Gasteiger partial charge in [0.15, 0.2) is 0 Å². The smallest absolute Gasteiger partial charge is 0.313 e. The number of rotatable bonds is 4. The van der Waals surface area contributed by atoms with Gasteiger partial charge in [0.25, 0.3) is 0 Å². The number of allylic oxidation sites excluding steroid dienone is 2. The number of hydrogen-bond donors (Lipinski definition) is 2. The van der Waals surface area contributed by atoms with Crippen LogP contribution in [-0.2, 0) is 4.79 Å². The van der Waals surface area contributed by atoms with Gasteiger partial charge in [-0.2, -0.15) is 0 Å². The van der Waals surface area contributed by atoms with Crippen molar-refractivity contribution in [3.8, 4) is 0 Å². The van der Waals surface area contributed by atoms with Crippen LogP contribution in [0.25, 0.3) is 0 Å². The van der Waals surface area contributed by atoms with E-state index in [2.05, 4.69) is 0 Å². The van der Waals surface area contributed by atoms with Crippen LogP contribution in [0.2, 0.25) is 0 Å². The van der Waals surface area contributed by atoms with Crippen molar-refractivity contribution in [2.24, 2.45) is 5.92 Å². The predicted octanol–water partition coefficient (Wildman–Crippen LogP) is 2.30. The zero-order chi connectivity index (χ0) is 11.5. The van der Waals surface area contributed by atoms with Gasteiger partial charge in [0.05, 0.1) is 5.03 Å². The summed E-state index contributed by atoms with van der Waals surface area (Å²) >= 11 is 5.89. The highest BCUT2D eigenvalue weighted by atomic mass is 35.5. The average molecular weight is 231 g/mol. The summed E-state index contributed by atoms with van der Waals surface area (Å²) in [5.74, 6) is -1.99. The number of halogens is 1. The van der Waals surface area contributed by atoms with E-state index in [0.717, 1.165) is 12.8 Å². The van der Waals surface area contributed by atoms with Crippen LogP contribution in [0.15, 0.2) is 23.3 Å². The highest BCUT2D eigenvalue weighted by molar-refractivity contribution is 6.31. The second kappa shape index (κ2) is 4.81. The second-order valence-electron chi connectivity index (χ2n) is 3.74. The summed E-state index contributed by atoms with van der Waals surface area (Å²) in [6.45, 7) is 1.98. The maximum atomic E-state index is 11.0. The summed E-state index contributed by atoms with van der Waals surface area (Å²) < 4.78 is 0. The van der Waals surface area contributed by atoms with Gasteiger partial charge in [-0.1, -0.05) is 43.5 Å². The molecule has 0 aliphatic heterocycles. The van der Waals surface area contributed by atoms with Crippen LogP contribution >= 0.6 is 11.6 Å². The molecule has 0 saturated carbocycles. The Morgan fingerprint density at radius 3 is 2.87 bits per heavy atom. The molecular weight excluding hydrogens is 216 g/mol. The first-order valence-electron chi connectivity index (χ1n) is 5.02. The van der Waals surface area contributed by atoms with Crippen LogP contribution < -0.4 is 0 Å². The first-order valence-corrected chi connectivity index (χ1v) is 5.39. The zero-order valence-corrected chi connectivity index (χ0v) is 9.37. The molecule has 1 aliphatic carbocycles. The van der Waals surface area contributed by atoms with E-state index in [9.17, 15) is 9.90 Å². The summed E-state index contributed by atoms with van der Waals surface area (Å²) in [4.78, 5) is 11.0. The van der Waals surface area contributed by atoms with E-state index in [0.29, 0.717) is 6.42 Å². The Hall–Kier alpha value is -0.800. The lowest BCUT2D eigenvalue weighted by Crippen LogP contribution is -2.43. The van der Waals surface area contributed by atoms with E-state index >= 15 is 0 Å². The van der Waals surface area contributed by atoms with E-state index in [4.69, 9.17) is 16.7 Å². The third-order valence-electron chi connectivity index (χ3n) is 2.65. The summed E-state index contributed by atoms with van der Waals surface area (Å²) in [5, 5.41) is 19.5. The molecule has 0 fully saturated rings. The van der Waals surface area contributed by atoms with Crippen molar-refractivity contribution in [3.05, 3.63) is 23.3 Å². The molecule has 2 atom stereocenters. The molecule has 0 radical (unpaired) electrons. The molecule has 0 aromatic rings. The largest absolute Gasteiger partial charge is 0.481 e. The Morgan fingerprint density at radius 2 is 2.33 bits per heavy atom. The number of hydrogen-bond acceptors (Lipinski definition) is 2. The quantitative estimate of drug-likeness (QED) is 0.779. The third kappa shape index (κ3) is 2.41. The van der Waals surface area contributed by atoms with Crippen LogP contribution in [-0.4, -0.2) is 21.8 Å². The Kier molecular flexibility index (Phi) is 3.94. The van der Waals surface area contributed by atoms with Crippen molar-refractivity contribution in [1.82, 2.24) is 0 Å². The molecule has 1 rings (SSSR count). The lowest BCUT2D eigenvalue weighted by atomic mass is 9.80. The van der Waals surface area contributed by atoms with E-state index in [1.165, 1.54) is 6.08 Å². The maximum Gasteiger partial charge on any atom is 0.313 e. The van der Waals surface area contributed by atoms with Crippen molar-refractivity contribution < 1.29 is 15.0 Å². The molecule has 4 heteroatoms. The SMILES string of the molecule is CCCCC1(O)C(Cl)=CC=CC1C(=O)O. The molecule has 0 bridgehead atoms. The molecule has 0 aromatic heterocycles. The fraction of sp³-hybridized carbons (Fsp3) is 0.545. The van der Waals surface area contributed by atoms with Gasteiger partial charge in [0.1, 0.15) is 11.5 Å². The summed E-state index contributed by atoms with van der Waals surface area (Å²) in [7, 11) is 0. The molecular formula is C11H15ClO3. The highest BCUT2D eigenvalue weighted by Gasteiger charge is 2.43. The number of unbranched alkanes of at least 4 members (excludes halogenated alkanes) is 1. The first kappa shape index (κ1) is 12.3. The molecule has 2 N–H and O–H groups in total. The average Bonchev–Trinajstić information content (AvgIpc) is 2.19. The number of aliphatic carboxylic acids is 1. The number of carbonyl (C=O) groups is 1. The van der Waals surface area contributed by atoms with Gasteiger partial charge in [-0.15, -0.1) is 0 Å². The molecule has 2 unspecified atom stereocenters. The van der Waals surface area contributed by atoms with E-state index < -0.39 is 17.5 Å². The van der Waals surface area contributed by atoms with Gasteiger partial charge < -0.3 is 10.2 Å². The van der Waals surface area contributed by atoms with Gasteiger partial charge in [-0.05, 0) is 12.5 Å². The molecule has 0 aromatic carbocycles. The van der Waals surface area contributed by atoms with E-state index in [1.54, 1.807) is 12.2 Å². The van der Waals surface area contributed by atoms with Crippen LogP contribution in [0.5, 0.6) is 0 Å². The Labute approximate surface area is 94.1 Å². The van der Waals surface area contributed by atoms with Gasteiger partial charge in [-0.25, -0.2) is 0 Å². The monoisotopic (exact) mass is 230 g/mol. The normalized spacial score (nSPS) is 30.1. The second-order valence-corrected chi connectivity index (χ2v) is 4.15. The van der Waals surface area contributed by atoms with Gasteiger partial charge in [0.2, 0.25) is 0 Å². The van der Waals surface area contributed by atoms with Crippen LogP contribution in [0, 0.1) is 5.92 Å². The minimum atomic E-state index is -1.43. The fourth-order valence-corrected chi connectivity index (χ4v) is 2.00. The Morgan fingerprint density at radius 1 is 1.67 bits per heavy atom. The topological polar surface area (TPSA) is 57.5 Å². The Bertz CT molecular complexity index is 309. The van der Waals surface area contributed by atoms with Crippen molar-refractivity contribution in [2.45, 2.75) is 31.8 Å². The standard InChI is InChI=1S/C11H15ClO3/c1-2-3-7-11(15)8(10(13)14)5-4-6-9(11)12/h4-6,8,15H,2-3,7H2,1H3,(H,13,14). The van der Waals surface area contributed by atoms with Gasteiger partial charge in [-0.3, -0.25) is 4.79 Å². The minimum Gasteiger partial charge on any atom is -0.481 e. The van der Waals surface area contributed by atoms with E-state index in [-0.39, 0.29) is 5.03 Å². The van der Waals surface area contributed by atoms with E-state index in [1.807, 2.05) is 6.92 Å². The Balaban J connectivity index is 2.92. The molecule has 0 heterocycles. The number of carboxylic acid groups (broad SMARTS) is 1. The van der Waals surface area contributed by atoms with Crippen molar-refractivity contribution in [2.75, 3.05) is 0 Å². The molecule has 1 aliphatic rings. The van der Waals surface area contributed by atoms with Crippen molar-refractivity contribution >= 4 is 17.6 Å². The zero-order valence-electron chi connectivity index (χ0n) is 8.61.